The number of aromatic nitrogens is 2. The standard InChI is InChI=1S/C19H28ClN5O/c1-15(2)14-25-10-9-22-18(25)13-23-19(21-3)24(4)11-12-26-17-7-5-16(20)6-8-17/h5-10,15H,11-14H2,1-4H3,(H,21,23). The van der Waals surface area contributed by atoms with Crippen molar-refractivity contribution in [1.29, 1.82) is 0 Å². The van der Waals surface area contributed by atoms with Gasteiger partial charge in [0, 0.05) is 38.1 Å². The lowest BCUT2D eigenvalue weighted by molar-refractivity contribution is 0.281. The number of hydrogen-bond donors (Lipinski definition) is 1. The van der Waals surface area contributed by atoms with Gasteiger partial charge in [-0.1, -0.05) is 25.4 Å². The predicted octanol–water partition coefficient (Wildman–Crippen LogP) is 3.28. The number of aliphatic imine (C=N–C) groups is 1. The van der Waals surface area contributed by atoms with Crippen molar-refractivity contribution in [2.24, 2.45) is 10.9 Å². The van der Waals surface area contributed by atoms with Crippen LogP contribution in [0.15, 0.2) is 41.7 Å². The first-order valence-electron chi connectivity index (χ1n) is 8.79. The lowest BCUT2D eigenvalue weighted by Gasteiger charge is -2.22. The van der Waals surface area contributed by atoms with Crippen LogP contribution in [0.1, 0.15) is 19.7 Å². The van der Waals surface area contributed by atoms with Crippen LogP contribution in [0.25, 0.3) is 0 Å². The van der Waals surface area contributed by atoms with E-state index in [1.54, 1.807) is 7.05 Å². The molecule has 26 heavy (non-hydrogen) atoms. The number of rotatable bonds is 8. The third-order valence-corrected chi connectivity index (χ3v) is 4.10. The van der Waals surface area contributed by atoms with Crippen LogP contribution < -0.4 is 10.1 Å². The number of hydrogen-bond acceptors (Lipinski definition) is 3. The highest BCUT2D eigenvalue weighted by Crippen LogP contribution is 2.15. The van der Waals surface area contributed by atoms with Crippen LogP contribution in [0.3, 0.4) is 0 Å². The Labute approximate surface area is 160 Å². The molecule has 0 aliphatic heterocycles. The second-order valence-corrected chi connectivity index (χ2v) is 6.95. The molecule has 0 fully saturated rings. The molecule has 0 saturated carbocycles. The van der Waals surface area contributed by atoms with Gasteiger partial charge in [0.15, 0.2) is 5.96 Å². The summed E-state index contributed by atoms with van der Waals surface area (Å²) in [5.41, 5.74) is 0. The van der Waals surface area contributed by atoms with E-state index in [1.807, 2.05) is 48.6 Å². The van der Waals surface area contributed by atoms with E-state index in [0.717, 1.165) is 24.1 Å². The van der Waals surface area contributed by atoms with Crippen molar-refractivity contribution in [2.75, 3.05) is 27.2 Å². The van der Waals surface area contributed by atoms with Crippen molar-refractivity contribution < 1.29 is 4.74 Å². The van der Waals surface area contributed by atoms with Gasteiger partial charge in [0.2, 0.25) is 0 Å². The Morgan fingerprint density at radius 3 is 2.73 bits per heavy atom. The van der Waals surface area contributed by atoms with Gasteiger partial charge in [-0.05, 0) is 30.2 Å². The maximum atomic E-state index is 5.88. The third-order valence-electron chi connectivity index (χ3n) is 3.85. The van der Waals surface area contributed by atoms with Crippen LogP contribution in [0.4, 0.5) is 0 Å². The molecule has 1 heterocycles. The van der Waals surface area contributed by atoms with Crippen LogP contribution >= 0.6 is 11.6 Å². The Morgan fingerprint density at radius 1 is 1.35 bits per heavy atom. The van der Waals surface area contributed by atoms with Gasteiger partial charge in [-0.15, -0.1) is 0 Å². The fourth-order valence-corrected chi connectivity index (χ4v) is 2.67. The number of imidazole rings is 1. The van der Waals surface area contributed by atoms with Crippen molar-refractivity contribution in [2.45, 2.75) is 26.9 Å². The lowest BCUT2D eigenvalue weighted by Crippen LogP contribution is -2.40. The third kappa shape index (κ3) is 6.26. The lowest BCUT2D eigenvalue weighted by atomic mass is 10.2. The number of nitrogens with zero attached hydrogens (tertiary/aromatic N) is 4. The zero-order chi connectivity index (χ0) is 18.9. The minimum absolute atomic E-state index is 0.556. The van der Waals surface area contributed by atoms with E-state index < -0.39 is 0 Å². The normalized spacial score (nSPS) is 11.7. The summed E-state index contributed by atoms with van der Waals surface area (Å²) < 4.78 is 7.92. The van der Waals surface area contributed by atoms with Crippen molar-refractivity contribution in [3.63, 3.8) is 0 Å². The molecule has 1 aromatic carbocycles. The Morgan fingerprint density at radius 2 is 2.08 bits per heavy atom. The molecule has 0 atom stereocenters. The number of likely N-dealkylation sites (N-methyl/N-ethyl adjacent to an activating group) is 1. The fourth-order valence-electron chi connectivity index (χ4n) is 2.55. The summed E-state index contributed by atoms with van der Waals surface area (Å²) in [5, 5.41) is 4.06. The SMILES string of the molecule is CN=C(NCc1nccn1CC(C)C)N(C)CCOc1ccc(Cl)cc1. The van der Waals surface area contributed by atoms with E-state index in [4.69, 9.17) is 16.3 Å². The molecule has 1 aromatic heterocycles. The van der Waals surface area contributed by atoms with E-state index >= 15 is 0 Å². The number of ether oxygens (including phenoxy) is 1. The first kappa shape index (κ1) is 20.1. The van der Waals surface area contributed by atoms with Crippen LogP contribution in [-0.2, 0) is 13.1 Å². The number of benzene rings is 1. The van der Waals surface area contributed by atoms with Crippen LogP contribution in [0, 0.1) is 5.92 Å². The average Bonchev–Trinajstić information content (AvgIpc) is 3.03. The molecule has 0 spiro atoms. The number of halogens is 1. The van der Waals surface area contributed by atoms with Gasteiger partial charge in [0.05, 0.1) is 13.1 Å². The first-order valence-corrected chi connectivity index (χ1v) is 9.17. The molecule has 142 valence electrons. The maximum absolute atomic E-state index is 5.88. The topological polar surface area (TPSA) is 54.7 Å². The van der Waals surface area contributed by atoms with E-state index in [-0.39, 0.29) is 0 Å². The van der Waals surface area contributed by atoms with Crippen molar-refractivity contribution in [1.82, 2.24) is 19.8 Å². The molecule has 1 N–H and O–H groups in total. The molecule has 6 nitrogen and oxygen atoms in total. The summed E-state index contributed by atoms with van der Waals surface area (Å²) in [5.74, 6) is 3.20. The summed E-state index contributed by atoms with van der Waals surface area (Å²) in [7, 11) is 3.76. The van der Waals surface area contributed by atoms with Gasteiger partial charge in [0.1, 0.15) is 18.2 Å². The molecule has 0 amide bonds. The van der Waals surface area contributed by atoms with Crippen molar-refractivity contribution in [3.8, 4) is 5.75 Å². The summed E-state index contributed by atoms with van der Waals surface area (Å²) in [6, 6.07) is 7.37. The smallest absolute Gasteiger partial charge is 0.193 e. The fraction of sp³-hybridized carbons (Fsp3) is 0.474. The molecule has 0 aliphatic carbocycles. The summed E-state index contributed by atoms with van der Waals surface area (Å²) in [6.45, 7) is 7.26. The van der Waals surface area contributed by atoms with Crippen LogP contribution in [0.5, 0.6) is 5.75 Å². The maximum Gasteiger partial charge on any atom is 0.193 e. The quantitative estimate of drug-likeness (QED) is 0.566. The molecule has 0 aliphatic rings. The Bertz CT molecular complexity index is 696. The highest BCUT2D eigenvalue weighted by Gasteiger charge is 2.09. The average molecular weight is 378 g/mol. The molecule has 7 heteroatoms. The second-order valence-electron chi connectivity index (χ2n) is 6.51. The molecule has 0 unspecified atom stereocenters. The largest absolute Gasteiger partial charge is 0.492 e. The van der Waals surface area contributed by atoms with Crippen LogP contribution in [-0.4, -0.2) is 47.7 Å². The van der Waals surface area contributed by atoms with Crippen molar-refractivity contribution >= 4 is 17.6 Å². The predicted molar refractivity (Wildman–Crippen MR) is 107 cm³/mol. The van der Waals surface area contributed by atoms with E-state index in [0.29, 0.717) is 30.6 Å². The second kappa shape index (κ2) is 10.1. The van der Waals surface area contributed by atoms with Gasteiger partial charge in [0.25, 0.3) is 0 Å². The molecular weight excluding hydrogens is 350 g/mol. The summed E-state index contributed by atoms with van der Waals surface area (Å²) in [6.07, 6.45) is 3.86. The minimum Gasteiger partial charge on any atom is -0.492 e. The van der Waals surface area contributed by atoms with Crippen LogP contribution in [0.2, 0.25) is 5.02 Å². The first-order chi connectivity index (χ1) is 12.5. The van der Waals surface area contributed by atoms with Gasteiger partial charge in [-0.3, -0.25) is 4.99 Å². The number of guanidine groups is 1. The summed E-state index contributed by atoms with van der Waals surface area (Å²) >= 11 is 5.88. The molecule has 0 radical (unpaired) electrons. The summed E-state index contributed by atoms with van der Waals surface area (Å²) in [4.78, 5) is 10.8. The van der Waals surface area contributed by atoms with Gasteiger partial charge in [-0.25, -0.2) is 4.98 Å². The molecule has 2 rings (SSSR count). The van der Waals surface area contributed by atoms with E-state index in [2.05, 4.69) is 33.7 Å². The monoisotopic (exact) mass is 377 g/mol. The molecule has 2 aromatic rings. The zero-order valence-electron chi connectivity index (χ0n) is 15.9. The Kier molecular flexibility index (Phi) is 7.78. The van der Waals surface area contributed by atoms with E-state index in [9.17, 15) is 0 Å². The van der Waals surface area contributed by atoms with Gasteiger partial charge >= 0.3 is 0 Å². The van der Waals surface area contributed by atoms with Gasteiger partial charge in [-0.2, -0.15) is 0 Å². The van der Waals surface area contributed by atoms with E-state index in [1.165, 1.54) is 0 Å². The Balaban J connectivity index is 1.80. The minimum atomic E-state index is 0.556. The molecular formula is C19H28ClN5O. The molecule has 0 bridgehead atoms. The number of nitrogens with one attached hydrogen (secondary N) is 1. The zero-order valence-corrected chi connectivity index (χ0v) is 16.7. The highest BCUT2D eigenvalue weighted by molar-refractivity contribution is 6.30. The van der Waals surface area contributed by atoms with Crippen molar-refractivity contribution in [3.05, 3.63) is 47.5 Å². The Hall–Kier alpha value is -2.21. The highest BCUT2D eigenvalue weighted by atomic mass is 35.5. The van der Waals surface area contributed by atoms with Gasteiger partial charge < -0.3 is 19.5 Å². The molecule has 0 saturated heterocycles.